The molecule has 1 atom stereocenters. The van der Waals surface area contributed by atoms with Crippen molar-refractivity contribution in [2.45, 2.75) is 44.8 Å². The minimum absolute atomic E-state index is 0.242. The average molecular weight is 324 g/mol. The van der Waals surface area contributed by atoms with Gasteiger partial charge in [-0.2, -0.15) is 8.78 Å². The number of benzene rings is 1. The van der Waals surface area contributed by atoms with Crippen LogP contribution in [0, 0.1) is 5.92 Å². The molecule has 1 aliphatic carbocycles. The molecule has 1 N–H and O–H groups in total. The Morgan fingerprint density at radius 1 is 1.00 bits per heavy atom. The SMILES string of the molecule is FC(F)Oc1ccc([C@@H](C2CCCCC2)N2CCNCC2)cc1. The number of rotatable bonds is 5. The first-order valence-electron chi connectivity index (χ1n) is 8.73. The van der Waals surface area contributed by atoms with Gasteiger partial charge in [0.05, 0.1) is 0 Å². The van der Waals surface area contributed by atoms with Crippen molar-refractivity contribution in [1.29, 1.82) is 0 Å². The van der Waals surface area contributed by atoms with E-state index in [1.807, 2.05) is 12.1 Å². The molecule has 1 saturated carbocycles. The number of halogens is 2. The molecule has 2 aliphatic rings. The fraction of sp³-hybridized carbons (Fsp3) is 0.667. The Morgan fingerprint density at radius 3 is 2.26 bits per heavy atom. The Balaban J connectivity index is 1.78. The van der Waals surface area contributed by atoms with E-state index in [0.29, 0.717) is 12.0 Å². The zero-order valence-corrected chi connectivity index (χ0v) is 13.5. The van der Waals surface area contributed by atoms with Crippen LogP contribution in [0.3, 0.4) is 0 Å². The minimum Gasteiger partial charge on any atom is -0.435 e. The Morgan fingerprint density at radius 2 is 1.65 bits per heavy atom. The molecule has 128 valence electrons. The Bertz CT molecular complexity index is 450. The molecule has 1 aromatic carbocycles. The molecule has 1 saturated heterocycles. The molecular weight excluding hydrogens is 298 g/mol. The molecule has 5 heteroatoms. The number of nitrogens with one attached hydrogen (secondary N) is 1. The van der Waals surface area contributed by atoms with Crippen LogP contribution in [0.2, 0.25) is 0 Å². The fourth-order valence-corrected chi connectivity index (χ4v) is 4.04. The smallest absolute Gasteiger partial charge is 0.387 e. The maximum atomic E-state index is 12.3. The highest BCUT2D eigenvalue weighted by atomic mass is 19.3. The van der Waals surface area contributed by atoms with Crippen LogP contribution in [0.5, 0.6) is 5.75 Å². The monoisotopic (exact) mass is 324 g/mol. The second kappa shape index (κ2) is 8.06. The predicted octanol–water partition coefficient (Wildman–Crippen LogP) is 3.81. The van der Waals surface area contributed by atoms with Gasteiger partial charge >= 0.3 is 6.61 Å². The average Bonchev–Trinajstić information content (AvgIpc) is 2.58. The van der Waals surface area contributed by atoms with Gasteiger partial charge in [-0.05, 0) is 36.5 Å². The molecule has 1 aromatic rings. The van der Waals surface area contributed by atoms with Crippen LogP contribution in [-0.2, 0) is 0 Å². The van der Waals surface area contributed by atoms with E-state index in [0.717, 1.165) is 26.2 Å². The van der Waals surface area contributed by atoms with Gasteiger partial charge in [0.2, 0.25) is 0 Å². The molecule has 1 heterocycles. The maximum absolute atomic E-state index is 12.3. The van der Waals surface area contributed by atoms with E-state index in [2.05, 4.69) is 15.0 Å². The molecule has 0 radical (unpaired) electrons. The standard InChI is InChI=1S/C18H26F2N2O/c19-18(20)23-16-8-6-15(7-9-16)17(14-4-2-1-3-5-14)22-12-10-21-11-13-22/h6-9,14,17-18,21H,1-5,10-13H2/t17-/m1/s1. The number of nitrogens with zero attached hydrogens (tertiary/aromatic N) is 1. The molecule has 0 spiro atoms. The lowest BCUT2D eigenvalue weighted by Gasteiger charge is -2.41. The molecule has 2 fully saturated rings. The van der Waals surface area contributed by atoms with Crippen LogP contribution in [0.15, 0.2) is 24.3 Å². The van der Waals surface area contributed by atoms with Gasteiger partial charge in [0.1, 0.15) is 5.75 Å². The summed E-state index contributed by atoms with van der Waals surface area (Å²) in [4.78, 5) is 2.56. The summed E-state index contributed by atoms with van der Waals surface area (Å²) in [6.07, 6.45) is 6.49. The molecule has 0 amide bonds. The summed E-state index contributed by atoms with van der Waals surface area (Å²) in [5.41, 5.74) is 1.24. The van der Waals surface area contributed by atoms with E-state index in [-0.39, 0.29) is 5.75 Å². The molecule has 3 nitrogen and oxygen atoms in total. The molecule has 1 aliphatic heterocycles. The summed E-state index contributed by atoms with van der Waals surface area (Å²) >= 11 is 0. The van der Waals surface area contributed by atoms with Crippen LogP contribution in [-0.4, -0.2) is 37.7 Å². The topological polar surface area (TPSA) is 24.5 Å². The van der Waals surface area contributed by atoms with E-state index < -0.39 is 6.61 Å². The quantitative estimate of drug-likeness (QED) is 0.891. The van der Waals surface area contributed by atoms with E-state index in [1.54, 1.807) is 12.1 Å². The van der Waals surface area contributed by atoms with Crippen molar-refractivity contribution in [1.82, 2.24) is 10.2 Å². The highest BCUT2D eigenvalue weighted by Gasteiger charge is 2.30. The van der Waals surface area contributed by atoms with Crippen LogP contribution in [0.25, 0.3) is 0 Å². The van der Waals surface area contributed by atoms with Crippen molar-refractivity contribution in [2.24, 2.45) is 5.92 Å². The van der Waals surface area contributed by atoms with Crippen molar-refractivity contribution >= 4 is 0 Å². The summed E-state index contributed by atoms with van der Waals surface area (Å²) in [6, 6.07) is 7.70. The Labute approximate surface area is 137 Å². The second-order valence-corrected chi connectivity index (χ2v) is 6.58. The van der Waals surface area contributed by atoms with E-state index in [4.69, 9.17) is 0 Å². The summed E-state index contributed by atoms with van der Waals surface area (Å²) in [7, 11) is 0. The van der Waals surface area contributed by atoms with E-state index in [9.17, 15) is 8.78 Å². The van der Waals surface area contributed by atoms with Crippen molar-refractivity contribution in [3.63, 3.8) is 0 Å². The first-order chi connectivity index (χ1) is 11.2. The van der Waals surface area contributed by atoms with E-state index >= 15 is 0 Å². The Kier molecular flexibility index (Phi) is 5.84. The molecule has 0 unspecified atom stereocenters. The Hall–Kier alpha value is -1.20. The van der Waals surface area contributed by atoms with Gasteiger partial charge in [-0.3, -0.25) is 4.90 Å². The van der Waals surface area contributed by atoms with Gasteiger partial charge in [0, 0.05) is 32.2 Å². The van der Waals surface area contributed by atoms with Gasteiger partial charge in [-0.15, -0.1) is 0 Å². The van der Waals surface area contributed by atoms with Crippen molar-refractivity contribution in [2.75, 3.05) is 26.2 Å². The normalized spacial score (nSPS) is 22.2. The molecule has 0 bridgehead atoms. The second-order valence-electron chi connectivity index (χ2n) is 6.58. The van der Waals surface area contributed by atoms with Crippen LogP contribution < -0.4 is 10.1 Å². The molecule has 23 heavy (non-hydrogen) atoms. The van der Waals surface area contributed by atoms with Crippen LogP contribution in [0.1, 0.15) is 43.7 Å². The van der Waals surface area contributed by atoms with Gasteiger partial charge in [0.15, 0.2) is 0 Å². The van der Waals surface area contributed by atoms with Gasteiger partial charge < -0.3 is 10.1 Å². The summed E-state index contributed by atoms with van der Waals surface area (Å²) in [5.74, 6) is 0.912. The lowest BCUT2D eigenvalue weighted by molar-refractivity contribution is -0.0498. The zero-order chi connectivity index (χ0) is 16.1. The maximum Gasteiger partial charge on any atom is 0.387 e. The molecule has 3 rings (SSSR count). The van der Waals surface area contributed by atoms with Gasteiger partial charge in [-0.1, -0.05) is 31.4 Å². The summed E-state index contributed by atoms with van der Waals surface area (Å²) < 4.78 is 29.1. The first-order valence-corrected chi connectivity index (χ1v) is 8.73. The number of ether oxygens (including phenoxy) is 1. The van der Waals surface area contributed by atoms with Crippen molar-refractivity contribution < 1.29 is 13.5 Å². The van der Waals surface area contributed by atoms with Crippen molar-refractivity contribution in [3.8, 4) is 5.75 Å². The number of hydrogen-bond donors (Lipinski definition) is 1. The third kappa shape index (κ3) is 4.42. The lowest BCUT2D eigenvalue weighted by atomic mass is 9.80. The third-order valence-corrected chi connectivity index (χ3v) is 5.09. The number of piperazine rings is 1. The van der Waals surface area contributed by atoms with Crippen molar-refractivity contribution in [3.05, 3.63) is 29.8 Å². The van der Waals surface area contributed by atoms with Gasteiger partial charge in [-0.25, -0.2) is 0 Å². The van der Waals surface area contributed by atoms with Crippen LogP contribution >= 0.6 is 0 Å². The molecular formula is C18H26F2N2O. The number of hydrogen-bond acceptors (Lipinski definition) is 3. The van der Waals surface area contributed by atoms with Gasteiger partial charge in [0.25, 0.3) is 0 Å². The minimum atomic E-state index is -2.76. The van der Waals surface area contributed by atoms with Crippen LogP contribution in [0.4, 0.5) is 8.78 Å². The first kappa shape index (κ1) is 16.7. The lowest BCUT2D eigenvalue weighted by Crippen LogP contribution is -2.47. The highest BCUT2D eigenvalue weighted by Crippen LogP contribution is 2.39. The summed E-state index contributed by atoms with van der Waals surface area (Å²) in [5, 5.41) is 3.41. The largest absolute Gasteiger partial charge is 0.435 e. The third-order valence-electron chi connectivity index (χ3n) is 5.09. The highest BCUT2D eigenvalue weighted by molar-refractivity contribution is 5.30. The zero-order valence-electron chi connectivity index (χ0n) is 13.5. The fourth-order valence-electron chi connectivity index (χ4n) is 4.04. The molecule has 0 aromatic heterocycles. The number of alkyl halides is 2. The predicted molar refractivity (Wildman–Crippen MR) is 86.8 cm³/mol. The summed E-state index contributed by atoms with van der Waals surface area (Å²) in [6.45, 7) is 1.39. The van der Waals surface area contributed by atoms with E-state index in [1.165, 1.54) is 37.7 Å².